The number of rotatable bonds is 8. The number of hydrogen-bond donors (Lipinski definition) is 2. The van der Waals surface area contributed by atoms with Crippen LogP contribution in [0.2, 0.25) is 0 Å². The summed E-state index contributed by atoms with van der Waals surface area (Å²) in [6.45, 7) is 0.899. The van der Waals surface area contributed by atoms with Gasteiger partial charge in [0.15, 0.2) is 0 Å². The summed E-state index contributed by atoms with van der Waals surface area (Å²) in [7, 11) is 1.93. The molecule has 0 saturated carbocycles. The van der Waals surface area contributed by atoms with Crippen LogP contribution >= 0.6 is 0 Å². The molecule has 3 rings (SSSR count). The second-order valence-electron chi connectivity index (χ2n) is 7.02. The molecule has 0 radical (unpaired) electrons. The van der Waals surface area contributed by atoms with Crippen molar-refractivity contribution in [1.82, 2.24) is 9.55 Å². The quantitative estimate of drug-likeness (QED) is 0.250. The van der Waals surface area contributed by atoms with Crippen LogP contribution in [0.4, 0.5) is 0 Å². The summed E-state index contributed by atoms with van der Waals surface area (Å²) >= 11 is 0. The van der Waals surface area contributed by atoms with Crippen molar-refractivity contribution < 1.29 is 19.1 Å². The molecule has 0 bridgehead atoms. The van der Waals surface area contributed by atoms with Crippen molar-refractivity contribution in [2.45, 2.75) is 19.8 Å². The maximum absolute atomic E-state index is 11.7. The zero-order chi connectivity index (χ0) is 22.4. The molecule has 31 heavy (non-hydrogen) atoms. The van der Waals surface area contributed by atoms with Crippen LogP contribution in [0.1, 0.15) is 24.5 Å². The molecule has 0 spiro atoms. The second-order valence-corrected chi connectivity index (χ2v) is 7.02. The van der Waals surface area contributed by atoms with Crippen LogP contribution in [0.3, 0.4) is 0 Å². The van der Waals surface area contributed by atoms with E-state index in [1.807, 2.05) is 54.2 Å². The fraction of sp³-hybridized carbons (Fsp3) is 0.217. The molecule has 3 N–H and O–H groups in total. The van der Waals surface area contributed by atoms with E-state index in [4.69, 9.17) is 20.9 Å². The number of imidazole rings is 1. The first-order valence-electron chi connectivity index (χ1n) is 9.70. The lowest BCUT2D eigenvalue weighted by atomic mass is 10.1. The Bertz CT molecular complexity index is 1090. The Labute approximate surface area is 180 Å². The van der Waals surface area contributed by atoms with Crippen LogP contribution in [0.25, 0.3) is 22.6 Å². The number of nitrogens with zero attached hydrogens (tertiary/aromatic N) is 2. The Morgan fingerprint density at radius 2 is 1.68 bits per heavy atom. The van der Waals surface area contributed by atoms with E-state index in [9.17, 15) is 9.59 Å². The van der Waals surface area contributed by atoms with Gasteiger partial charge in [-0.1, -0.05) is 48.5 Å². The molecule has 8 nitrogen and oxygen atoms in total. The lowest BCUT2D eigenvalue weighted by Crippen LogP contribution is -2.11. The molecule has 0 aliphatic carbocycles. The molecule has 3 aromatic rings. The third-order valence-electron chi connectivity index (χ3n) is 4.68. The van der Waals surface area contributed by atoms with Gasteiger partial charge in [-0.2, -0.15) is 0 Å². The molecule has 0 atom stereocenters. The van der Waals surface area contributed by atoms with Gasteiger partial charge in [0, 0.05) is 43.3 Å². The van der Waals surface area contributed by atoms with Gasteiger partial charge < -0.3 is 19.8 Å². The molecule has 1 aromatic heterocycles. The van der Waals surface area contributed by atoms with Crippen molar-refractivity contribution in [1.29, 1.82) is 5.41 Å². The third-order valence-corrected chi connectivity index (χ3v) is 4.68. The van der Waals surface area contributed by atoms with Crippen LogP contribution in [0, 0.1) is 5.41 Å². The van der Waals surface area contributed by atoms with Gasteiger partial charge in [-0.25, -0.2) is 4.98 Å². The van der Waals surface area contributed by atoms with E-state index < -0.39 is 11.9 Å². The summed E-state index contributed by atoms with van der Waals surface area (Å²) in [6.07, 6.45) is 2.67. The molecule has 0 aliphatic rings. The fourth-order valence-electron chi connectivity index (χ4n) is 3.01. The zero-order valence-corrected chi connectivity index (χ0v) is 17.4. The predicted octanol–water partition coefficient (Wildman–Crippen LogP) is 3.03. The number of ether oxygens (including phenoxy) is 2. The minimum Gasteiger partial charge on any atom is -0.428 e. The van der Waals surface area contributed by atoms with Crippen molar-refractivity contribution in [3.63, 3.8) is 0 Å². The maximum atomic E-state index is 11.7. The topological polar surface area (TPSA) is 120 Å². The monoisotopic (exact) mass is 420 g/mol. The number of nitrogen functional groups attached to an aromatic ring is 1. The summed E-state index contributed by atoms with van der Waals surface area (Å²) in [5.41, 5.74) is 9.89. The molecule has 1 heterocycles. The van der Waals surface area contributed by atoms with Gasteiger partial charge in [0.1, 0.15) is 11.7 Å². The van der Waals surface area contributed by atoms with Gasteiger partial charge in [-0.05, 0) is 12.0 Å². The van der Waals surface area contributed by atoms with Crippen LogP contribution in [0.15, 0.2) is 54.7 Å². The number of carbonyl (C=O) groups is 2. The molecule has 0 aliphatic heterocycles. The van der Waals surface area contributed by atoms with Gasteiger partial charge in [0.2, 0.25) is 6.79 Å². The minimum absolute atomic E-state index is 0.0333. The molecule has 0 amide bonds. The van der Waals surface area contributed by atoms with E-state index in [0.29, 0.717) is 12.0 Å². The van der Waals surface area contributed by atoms with E-state index in [1.165, 1.54) is 6.92 Å². The first-order valence-corrected chi connectivity index (χ1v) is 9.70. The summed E-state index contributed by atoms with van der Waals surface area (Å²) in [5, 5.41) is 7.49. The average Bonchev–Trinajstić information content (AvgIpc) is 3.14. The van der Waals surface area contributed by atoms with E-state index in [0.717, 1.165) is 28.2 Å². The Kier molecular flexibility index (Phi) is 6.81. The highest BCUT2D eigenvalue weighted by molar-refractivity contribution is 5.95. The third kappa shape index (κ3) is 5.79. The highest BCUT2D eigenvalue weighted by Gasteiger charge is 2.11. The molecule has 0 fully saturated rings. The second kappa shape index (κ2) is 9.71. The zero-order valence-electron chi connectivity index (χ0n) is 17.4. The van der Waals surface area contributed by atoms with E-state index in [-0.39, 0.29) is 19.0 Å². The highest BCUT2D eigenvalue weighted by Crippen LogP contribution is 2.25. The summed E-state index contributed by atoms with van der Waals surface area (Å²) in [4.78, 5) is 27.1. The number of hydrogen-bond acceptors (Lipinski definition) is 6. The van der Waals surface area contributed by atoms with Gasteiger partial charge in [0.05, 0.1) is 5.69 Å². The van der Waals surface area contributed by atoms with Gasteiger partial charge in [-0.3, -0.25) is 15.0 Å². The number of aryl methyl sites for hydroxylation is 2. The van der Waals surface area contributed by atoms with Gasteiger partial charge in [-0.15, -0.1) is 0 Å². The molecule has 8 heteroatoms. The maximum Gasteiger partial charge on any atom is 0.308 e. The predicted molar refractivity (Wildman–Crippen MR) is 116 cm³/mol. The van der Waals surface area contributed by atoms with Crippen LogP contribution in [-0.4, -0.2) is 34.1 Å². The van der Waals surface area contributed by atoms with Crippen molar-refractivity contribution in [2.24, 2.45) is 12.8 Å². The number of nitrogens with one attached hydrogen (secondary N) is 1. The standard InChI is InChI=1S/C23H24N4O4/c1-15(28)30-14-31-21(29)12-5-16-3-6-19(7-4-16)23-26-20(13-27(23)2)17-8-10-18(11-9-17)22(24)25/h3-4,6-11,13H,5,12,14H2,1-2H3,(H3,24,25). The number of aromatic nitrogens is 2. The summed E-state index contributed by atoms with van der Waals surface area (Å²) in [6, 6.07) is 15.2. The average molecular weight is 420 g/mol. The molecular formula is C23H24N4O4. The number of amidine groups is 1. The lowest BCUT2D eigenvalue weighted by molar-refractivity contribution is -0.165. The fourth-order valence-corrected chi connectivity index (χ4v) is 3.01. The van der Waals surface area contributed by atoms with E-state index >= 15 is 0 Å². The highest BCUT2D eigenvalue weighted by atomic mass is 16.7. The Morgan fingerprint density at radius 1 is 1.03 bits per heavy atom. The summed E-state index contributed by atoms with van der Waals surface area (Å²) in [5.74, 6) is -0.0623. The van der Waals surface area contributed by atoms with Crippen LogP contribution < -0.4 is 5.73 Å². The molecule has 160 valence electrons. The number of esters is 2. The van der Waals surface area contributed by atoms with Crippen molar-refractivity contribution in [2.75, 3.05) is 6.79 Å². The Hall–Kier alpha value is -3.94. The van der Waals surface area contributed by atoms with E-state index in [2.05, 4.69) is 4.74 Å². The van der Waals surface area contributed by atoms with Crippen LogP contribution in [0.5, 0.6) is 0 Å². The molecule has 0 unspecified atom stereocenters. The molecule has 0 saturated heterocycles. The molecular weight excluding hydrogens is 396 g/mol. The Balaban J connectivity index is 1.64. The van der Waals surface area contributed by atoms with Crippen molar-refractivity contribution in [3.8, 4) is 22.6 Å². The van der Waals surface area contributed by atoms with Gasteiger partial charge >= 0.3 is 11.9 Å². The smallest absolute Gasteiger partial charge is 0.308 e. The number of nitrogens with two attached hydrogens (primary N) is 1. The normalized spacial score (nSPS) is 10.5. The largest absolute Gasteiger partial charge is 0.428 e. The SMILES string of the molecule is CC(=O)OCOC(=O)CCc1ccc(-c2nc(-c3ccc(C(=N)N)cc3)cn2C)cc1. The summed E-state index contributed by atoms with van der Waals surface area (Å²) < 4.78 is 11.4. The van der Waals surface area contributed by atoms with E-state index in [1.54, 1.807) is 12.1 Å². The van der Waals surface area contributed by atoms with Crippen molar-refractivity contribution >= 4 is 17.8 Å². The van der Waals surface area contributed by atoms with Gasteiger partial charge in [0.25, 0.3) is 0 Å². The minimum atomic E-state index is -0.492. The van der Waals surface area contributed by atoms with Crippen molar-refractivity contribution in [3.05, 3.63) is 65.9 Å². The lowest BCUT2D eigenvalue weighted by Gasteiger charge is -2.06. The first kappa shape index (κ1) is 21.8. The molecule has 2 aromatic carbocycles. The Morgan fingerprint density at radius 3 is 2.29 bits per heavy atom. The number of benzene rings is 2. The van der Waals surface area contributed by atoms with Crippen LogP contribution in [-0.2, 0) is 32.5 Å². The first-order chi connectivity index (χ1) is 14.8. The number of carbonyl (C=O) groups excluding carboxylic acids is 2.